The Kier molecular flexibility index (Phi) is 5.65. The highest BCUT2D eigenvalue weighted by molar-refractivity contribution is 7.99. The molecule has 0 fully saturated rings. The Bertz CT molecular complexity index is 291. The lowest BCUT2D eigenvalue weighted by Gasteiger charge is -2.11. The van der Waals surface area contributed by atoms with E-state index in [1.54, 1.807) is 11.8 Å². The summed E-state index contributed by atoms with van der Waals surface area (Å²) in [5, 5.41) is 4.32. The maximum atomic E-state index is 4.35. The molecule has 0 aromatic carbocycles. The largest absolute Gasteiger partial charge is 0.313 e. The first-order chi connectivity index (χ1) is 7.22. The van der Waals surface area contributed by atoms with Crippen molar-refractivity contribution in [3.63, 3.8) is 0 Å². The molecule has 15 heavy (non-hydrogen) atoms. The van der Waals surface area contributed by atoms with Gasteiger partial charge >= 0.3 is 0 Å². The SMILES string of the molecule is CCCNC(C)CSc1nccc(C)n1. The number of aryl methyl sites for hydroxylation is 1. The van der Waals surface area contributed by atoms with Crippen molar-refractivity contribution in [2.75, 3.05) is 12.3 Å². The average molecular weight is 225 g/mol. The van der Waals surface area contributed by atoms with Crippen LogP contribution in [-0.4, -0.2) is 28.3 Å². The first-order valence-electron chi connectivity index (χ1n) is 5.38. The third-order valence-corrected chi connectivity index (χ3v) is 3.10. The van der Waals surface area contributed by atoms with E-state index in [2.05, 4.69) is 29.1 Å². The molecule has 0 amide bonds. The lowest BCUT2D eigenvalue weighted by Crippen LogP contribution is -2.28. The van der Waals surface area contributed by atoms with Crippen molar-refractivity contribution in [1.82, 2.24) is 15.3 Å². The van der Waals surface area contributed by atoms with Crippen molar-refractivity contribution < 1.29 is 0 Å². The molecule has 1 N–H and O–H groups in total. The molecule has 0 aliphatic rings. The van der Waals surface area contributed by atoms with Gasteiger partial charge in [-0.15, -0.1) is 0 Å². The third-order valence-electron chi connectivity index (χ3n) is 1.98. The van der Waals surface area contributed by atoms with Gasteiger partial charge in [0.2, 0.25) is 0 Å². The van der Waals surface area contributed by atoms with Crippen LogP contribution < -0.4 is 5.32 Å². The van der Waals surface area contributed by atoms with Crippen molar-refractivity contribution in [3.8, 4) is 0 Å². The van der Waals surface area contributed by atoms with Gasteiger partial charge in [-0.3, -0.25) is 0 Å². The van der Waals surface area contributed by atoms with Gasteiger partial charge in [-0.05, 0) is 32.9 Å². The zero-order valence-corrected chi connectivity index (χ0v) is 10.5. The number of aromatic nitrogens is 2. The van der Waals surface area contributed by atoms with E-state index in [4.69, 9.17) is 0 Å². The predicted molar refractivity (Wildman–Crippen MR) is 65.2 cm³/mol. The van der Waals surface area contributed by atoms with Crippen LogP contribution in [-0.2, 0) is 0 Å². The summed E-state index contributed by atoms with van der Waals surface area (Å²) >= 11 is 1.71. The van der Waals surface area contributed by atoms with E-state index in [9.17, 15) is 0 Å². The van der Waals surface area contributed by atoms with Crippen LogP contribution in [0.25, 0.3) is 0 Å². The second-order valence-electron chi connectivity index (χ2n) is 3.65. The number of hydrogen-bond donors (Lipinski definition) is 1. The predicted octanol–water partition coefficient (Wildman–Crippen LogP) is 2.27. The minimum atomic E-state index is 0.513. The lowest BCUT2D eigenvalue weighted by atomic mass is 10.3. The van der Waals surface area contributed by atoms with E-state index >= 15 is 0 Å². The Morgan fingerprint density at radius 2 is 2.33 bits per heavy atom. The van der Waals surface area contributed by atoms with Gasteiger partial charge in [0.15, 0.2) is 5.16 Å². The van der Waals surface area contributed by atoms with Crippen molar-refractivity contribution in [1.29, 1.82) is 0 Å². The van der Waals surface area contributed by atoms with Gasteiger partial charge in [0.05, 0.1) is 0 Å². The highest BCUT2D eigenvalue weighted by Crippen LogP contribution is 2.13. The zero-order chi connectivity index (χ0) is 11.1. The van der Waals surface area contributed by atoms with E-state index in [1.165, 1.54) is 6.42 Å². The molecule has 1 aromatic heterocycles. The van der Waals surface area contributed by atoms with Crippen molar-refractivity contribution >= 4 is 11.8 Å². The van der Waals surface area contributed by atoms with Crippen LogP contribution in [0.2, 0.25) is 0 Å². The molecule has 0 saturated carbocycles. The molecule has 4 heteroatoms. The van der Waals surface area contributed by atoms with Crippen molar-refractivity contribution in [3.05, 3.63) is 18.0 Å². The summed E-state index contributed by atoms with van der Waals surface area (Å²) in [7, 11) is 0. The third kappa shape index (κ3) is 5.14. The van der Waals surface area contributed by atoms with E-state index in [0.29, 0.717) is 6.04 Å². The summed E-state index contributed by atoms with van der Waals surface area (Å²) < 4.78 is 0. The molecule has 0 bridgehead atoms. The van der Waals surface area contributed by atoms with Crippen LogP contribution in [0.4, 0.5) is 0 Å². The fourth-order valence-electron chi connectivity index (χ4n) is 1.14. The molecule has 1 rings (SSSR count). The molecule has 1 aromatic rings. The maximum Gasteiger partial charge on any atom is 0.187 e. The average Bonchev–Trinajstić information content (AvgIpc) is 2.23. The molecule has 0 radical (unpaired) electrons. The van der Waals surface area contributed by atoms with Gasteiger partial charge in [0.1, 0.15) is 0 Å². The Balaban J connectivity index is 2.30. The molecular formula is C11H19N3S. The Labute approximate surface area is 96.1 Å². The minimum Gasteiger partial charge on any atom is -0.313 e. The molecule has 0 saturated heterocycles. The van der Waals surface area contributed by atoms with Crippen molar-refractivity contribution in [2.24, 2.45) is 0 Å². The molecule has 1 atom stereocenters. The fraction of sp³-hybridized carbons (Fsp3) is 0.636. The van der Waals surface area contributed by atoms with Gasteiger partial charge in [-0.2, -0.15) is 0 Å². The standard InChI is InChI=1S/C11H19N3S/c1-4-6-12-10(3)8-15-11-13-7-5-9(2)14-11/h5,7,10,12H,4,6,8H2,1-3H3. The van der Waals surface area contributed by atoms with E-state index in [1.807, 2.05) is 19.2 Å². The number of hydrogen-bond acceptors (Lipinski definition) is 4. The first kappa shape index (κ1) is 12.5. The van der Waals surface area contributed by atoms with E-state index < -0.39 is 0 Å². The minimum absolute atomic E-state index is 0.513. The summed E-state index contributed by atoms with van der Waals surface area (Å²) in [6.07, 6.45) is 2.99. The Hall–Kier alpha value is -0.610. The normalized spacial score (nSPS) is 12.7. The summed E-state index contributed by atoms with van der Waals surface area (Å²) in [5.74, 6) is 1.02. The van der Waals surface area contributed by atoms with Crippen LogP contribution in [0.3, 0.4) is 0 Å². The topological polar surface area (TPSA) is 37.8 Å². The van der Waals surface area contributed by atoms with Crippen LogP contribution in [0.15, 0.2) is 17.4 Å². The molecule has 0 aliphatic carbocycles. The molecule has 0 spiro atoms. The second-order valence-corrected chi connectivity index (χ2v) is 4.63. The number of nitrogens with one attached hydrogen (secondary N) is 1. The summed E-state index contributed by atoms with van der Waals surface area (Å²) in [5.41, 5.74) is 1.03. The molecule has 3 nitrogen and oxygen atoms in total. The van der Waals surface area contributed by atoms with Crippen LogP contribution >= 0.6 is 11.8 Å². The fourth-order valence-corrected chi connectivity index (χ4v) is 2.01. The number of thioether (sulfide) groups is 1. The lowest BCUT2D eigenvalue weighted by molar-refractivity contribution is 0.590. The monoisotopic (exact) mass is 225 g/mol. The van der Waals surface area contributed by atoms with Crippen molar-refractivity contribution in [2.45, 2.75) is 38.4 Å². The van der Waals surface area contributed by atoms with Crippen LogP contribution in [0.1, 0.15) is 26.0 Å². The molecule has 1 unspecified atom stereocenters. The first-order valence-corrected chi connectivity index (χ1v) is 6.36. The zero-order valence-electron chi connectivity index (χ0n) is 9.66. The van der Waals surface area contributed by atoms with E-state index in [-0.39, 0.29) is 0 Å². The highest BCUT2D eigenvalue weighted by atomic mass is 32.2. The van der Waals surface area contributed by atoms with Crippen LogP contribution in [0.5, 0.6) is 0 Å². The summed E-state index contributed by atoms with van der Waals surface area (Å²) in [6, 6.07) is 2.43. The van der Waals surface area contributed by atoms with Gasteiger partial charge in [0, 0.05) is 23.7 Å². The van der Waals surface area contributed by atoms with Gasteiger partial charge in [0.25, 0.3) is 0 Å². The molecule has 84 valence electrons. The molecule has 1 heterocycles. The number of nitrogens with zero attached hydrogens (tertiary/aromatic N) is 2. The highest BCUT2D eigenvalue weighted by Gasteiger charge is 2.03. The Morgan fingerprint density at radius 1 is 1.53 bits per heavy atom. The molecule has 0 aliphatic heterocycles. The maximum absolute atomic E-state index is 4.35. The smallest absolute Gasteiger partial charge is 0.187 e. The Morgan fingerprint density at radius 3 is 3.00 bits per heavy atom. The van der Waals surface area contributed by atoms with Crippen LogP contribution in [0, 0.1) is 6.92 Å². The number of rotatable bonds is 6. The van der Waals surface area contributed by atoms with Gasteiger partial charge in [-0.25, -0.2) is 9.97 Å². The quantitative estimate of drug-likeness (QED) is 0.595. The summed E-state index contributed by atoms with van der Waals surface area (Å²) in [6.45, 7) is 7.44. The summed E-state index contributed by atoms with van der Waals surface area (Å²) in [4.78, 5) is 8.57. The molecular weight excluding hydrogens is 206 g/mol. The van der Waals surface area contributed by atoms with E-state index in [0.717, 1.165) is 23.1 Å². The van der Waals surface area contributed by atoms with Gasteiger partial charge in [-0.1, -0.05) is 18.7 Å². The second kappa shape index (κ2) is 6.80. The van der Waals surface area contributed by atoms with Gasteiger partial charge < -0.3 is 5.32 Å².